The van der Waals surface area contributed by atoms with Crippen LogP contribution in [0.15, 0.2) is 41.0 Å². The molecule has 0 aliphatic carbocycles. The third-order valence-corrected chi connectivity index (χ3v) is 2.80. The van der Waals surface area contributed by atoms with Crippen molar-refractivity contribution in [1.29, 1.82) is 0 Å². The molecule has 20 heavy (non-hydrogen) atoms. The van der Waals surface area contributed by atoms with E-state index in [0.717, 1.165) is 18.3 Å². The van der Waals surface area contributed by atoms with E-state index in [1.165, 1.54) is 18.2 Å². The number of carbonyl (C=O) groups excluding carboxylic acids is 1. The molecule has 1 aromatic heterocycles. The zero-order valence-corrected chi connectivity index (χ0v) is 11.4. The van der Waals surface area contributed by atoms with Crippen molar-refractivity contribution >= 4 is 33.2 Å². The Morgan fingerprint density at radius 1 is 1.35 bits per heavy atom. The Balaban J connectivity index is 2.25. The van der Waals surface area contributed by atoms with Gasteiger partial charge >= 0.3 is 0 Å². The summed E-state index contributed by atoms with van der Waals surface area (Å²) in [6, 6.07) is 6.32. The fourth-order valence-electron chi connectivity index (χ4n) is 1.46. The highest BCUT2D eigenvalue weighted by Crippen LogP contribution is 2.22. The Morgan fingerprint density at radius 2 is 2.10 bits per heavy atom. The number of hydrogen-bond donors (Lipinski definition) is 1. The van der Waals surface area contributed by atoms with Crippen LogP contribution in [0.4, 0.5) is 15.8 Å². The van der Waals surface area contributed by atoms with E-state index in [1.54, 1.807) is 0 Å². The number of carbonyl (C=O) groups is 1. The molecule has 0 bridgehead atoms. The van der Waals surface area contributed by atoms with Crippen LogP contribution in [-0.4, -0.2) is 15.8 Å². The summed E-state index contributed by atoms with van der Waals surface area (Å²) in [5.74, 6) is -1.22. The highest BCUT2D eigenvalue weighted by molar-refractivity contribution is 9.10. The molecule has 0 saturated carbocycles. The van der Waals surface area contributed by atoms with Gasteiger partial charge in [0.05, 0.1) is 16.8 Å². The second-order valence-electron chi connectivity index (χ2n) is 3.78. The Morgan fingerprint density at radius 3 is 2.70 bits per heavy atom. The molecule has 0 saturated heterocycles. The lowest BCUT2D eigenvalue weighted by Crippen LogP contribution is -2.12. The van der Waals surface area contributed by atoms with E-state index in [0.29, 0.717) is 10.2 Å². The normalized spacial score (nSPS) is 10.1. The van der Waals surface area contributed by atoms with E-state index in [-0.39, 0.29) is 11.3 Å². The van der Waals surface area contributed by atoms with Gasteiger partial charge in [0.25, 0.3) is 11.6 Å². The second-order valence-corrected chi connectivity index (χ2v) is 4.69. The van der Waals surface area contributed by atoms with Gasteiger partial charge in [0.15, 0.2) is 0 Å². The molecule has 0 atom stereocenters. The highest BCUT2D eigenvalue weighted by Gasteiger charge is 2.14. The summed E-state index contributed by atoms with van der Waals surface area (Å²) in [5, 5.41) is 13.2. The standard InChI is InChI=1S/C12H7BrFN3O3/c13-8-3-7(4-10(5-8)17(19)20)12(18)16-9-1-2-11(14)15-6-9/h1-6H,(H,16,18). The first-order valence-electron chi connectivity index (χ1n) is 5.33. The molecule has 0 unspecified atom stereocenters. The van der Waals surface area contributed by atoms with Crippen molar-refractivity contribution in [2.24, 2.45) is 0 Å². The van der Waals surface area contributed by atoms with Gasteiger partial charge in [0, 0.05) is 22.2 Å². The van der Waals surface area contributed by atoms with Crippen LogP contribution in [0, 0.1) is 16.1 Å². The third-order valence-electron chi connectivity index (χ3n) is 2.34. The third kappa shape index (κ3) is 3.35. The van der Waals surface area contributed by atoms with Crippen molar-refractivity contribution in [3.8, 4) is 0 Å². The molecule has 2 rings (SSSR count). The first kappa shape index (κ1) is 14.1. The first-order chi connectivity index (χ1) is 9.45. The van der Waals surface area contributed by atoms with E-state index in [4.69, 9.17) is 0 Å². The van der Waals surface area contributed by atoms with Gasteiger partial charge in [0.2, 0.25) is 5.95 Å². The summed E-state index contributed by atoms with van der Waals surface area (Å²) in [7, 11) is 0. The highest BCUT2D eigenvalue weighted by atomic mass is 79.9. The molecule has 1 heterocycles. The van der Waals surface area contributed by atoms with Crippen LogP contribution in [0.3, 0.4) is 0 Å². The summed E-state index contributed by atoms with van der Waals surface area (Å²) >= 11 is 3.10. The summed E-state index contributed by atoms with van der Waals surface area (Å²) in [6.45, 7) is 0. The number of non-ortho nitro benzene ring substituents is 1. The van der Waals surface area contributed by atoms with Crippen molar-refractivity contribution < 1.29 is 14.1 Å². The van der Waals surface area contributed by atoms with Crippen LogP contribution >= 0.6 is 15.9 Å². The lowest BCUT2D eigenvalue weighted by Gasteiger charge is -2.05. The molecule has 1 amide bonds. The Bertz CT molecular complexity index is 676. The van der Waals surface area contributed by atoms with Crippen molar-refractivity contribution in [3.05, 3.63) is 62.6 Å². The Hall–Kier alpha value is -2.35. The van der Waals surface area contributed by atoms with Crippen LogP contribution in [0.25, 0.3) is 0 Å². The number of nitro benzene ring substituents is 1. The summed E-state index contributed by atoms with van der Waals surface area (Å²) in [6.07, 6.45) is 1.15. The number of hydrogen-bond acceptors (Lipinski definition) is 4. The minimum absolute atomic E-state index is 0.107. The predicted molar refractivity (Wildman–Crippen MR) is 72.9 cm³/mol. The number of anilines is 1. The molecule has 0 aliphatic rings. The van der Waals surface area contributed by atoms with Crippen molar-refractivity contribution in [1.82, 2.24) is 4.98 Å². The quantitative estimate of drug-likeness (QED) is 0.528. The summed E-state index contributed by atoms with van der Waals surface area (Å²) < 4.78 is 13.0. The molecule has 1 N–H and O–H groups in total. The van der Waals surface area contributed by atoms with Gasteiger partial charge < -0.3 is 5.32 Å². The summed E-state index contributed by atoms with van der Waals surface area (Å²) in [5.41, 5.74) is 0.191. The fourth-order valence-corrected chi connectivity index (χ4v) is 1.94. The van der Waals surface area contributed by atoms with Gasteiger partial charge in [-0.05, 0) is 18.2 Å². The van der Waals surface area contributed by atoms with E-state index in [1.807, 2.05) is 0 Å². The van der Waals surface area contributed by atoms with Crippen LogP contribution in [0.2, 0.25) is 0 Å². The molecular formula is C12H7BrFN3O3. The largest absolute Gasteiger partial charge is 0.321 e. The monoisotopic (exact) mass is 339 g/mol. The average Bonchev–Trinajstić information content (AvgIpc) is 2.40. The number of pyridine rings is 1. The number of nitro groups is 1. The second kappa shape index (κ2) is 5.74. The van der Waals surface area contributed by atoms with E-state index in [9.17, 15) is 19.3 Å². The first-order valence-corrected chi connectivity index (χ1v) is 6.13. The van der Waals surface area contributed by atoms with E-state index < -0.39 is 16.8 Å². The van der Waals surface area contributed by atoms with Crippen LogP contribution in [-0.2, 0) is 0 Å². The van der Waals surface area contributed by atoms with E-state index in [2.05, 4.69) is 26.2 Å². The number of aromatic nitrogens is 1. The molecule has 102 valence electrons. The van der Waals surface area contributed by atoms with Gasteiger partial charge in [-0.25, -0.2) is 4.98 Å². The van der Waals surface area contributed by atoms with Gasteiger partial charge in [0.1, 0.15) is 0 Å². The molecule has 1 aromatic carbocycles. The average molecular weight is 340 g/mol. The van der Waals surface area contributed by atoms with Crippen molar-refractivity contribution in [3.63, 3.8) is 0 Å². The summed E-state index contributed by atoms with van der Waals surface area (Å²) in [4.78, 5) is 25.5. The molecule has 0 radical (unpaired) electrons. The number of amides is 1. The number of rotatable bonds is 3. The molecule has 0 aliphatic heterocycles. The maximum absolute atomic E-state index is 12.6. The Kier molecular flexibility index (Phi) is 4.04. The Labute approximate surface area is 120 Å². The maximum atomic E-state index is 12.6. The molecule has 2 aromatic rings. The van der Waals surface area contributed by atoms with Crippen LogP contribution < -0.4 is 5.32 Å². The molecule has 0 fully saturated rings. The molecule has 8 heteroatoms. The predicted octanol–water partition coefficient (Wildman–Crippen LogP) is 3.14. The lowest BCUT2D eigenvalue weighted by atomic mass is 10.2. The fraction of sp³-hybridized carbons (Fsp3) is 0. The van der Waals surface area contributed by atoms with Crippen molar-refractivity contribution in [2.45, 2.75) is 0 Å². The van der Waals surface area contributed by atoms with Gasteiger partial charge in [-0.1, -0.05) is 15.9 Å². The minimum Gasteiger partial charge on any atom is -0.321 e. The SMILES string of the molecule is O=C(Nc1ccc(F)nc1)c1cc(Br)cc([N+](=O)[O-])c1. The van der Waals surface area contributed by atoms with E-state index >= 15 is 0 Å². The number of halogens is 2. The topological polar surface area (TPSA) is 85.1 Å². The zero-order valence-electron chi connectivity index (χ0n) is 9.84. The number of nitrogens with one attached hydrogen (secondary N) is 1. The number of nitrogens with zero attached hydrogens (tertiary/aromatic N) is 2. The lowest BCUT2D eigenvalue weighted by molar-refractivity contribution is -0.384. The molecular weight excluding hydrogens is 333 g/mol. The van der Waals surface area contributed by atoms with Gasteiger partial charge in [-0.3, -0.25) is 14.9 Å². The molecule has 0 spiro atoms. The van der Waals surface area contributed by atoms with Gasteiger partial charge in [-0.2, -0.15) is 4.39 Å². The smallest absolute Gasteiger partial charge is 0.271 e. The van der Waals surface area contributed by atoms with Gasteiger partial charge in [-0.15, -0.1) is 0 Å². The maximum Gasteiger partial charge on any atom is 0.271 e. The zero-order chi connectivity index (χ0) is 14.7. The van der Waals surface area contributed by atoms with Crippen molar-refractivity contribution in [2.75, 3.05) is 5.32 Å². The number of benzene rings is 1. The molecule has 6 nitrogen and oxygen atoms in total. The minimum atomic E-state index is -0.666. The van der Waals surface area contributed by atoms with Crippen LogP contribution in [0.1, 0.15) is 10.4 Å². The van der Waals surface area contributed by atoms with Crippen LogP contribution in [0.5, 0.6) is 0 Å².